The van der Waals surface area contributed by atoms with E-state index >= 15 is 0 Å². The Balaban J connectivity index is 2.19. The molecular formula is C15H18N4O. The Morgan fingerprint density at radius 1 is 1.45 bits per heavy atom. The molecule has 2 heterocycles. The summed E-state index contributed by atoms with van der Waals surface area (Å²) in [6.07, 6.45) is 1.59. The molecule has 1 fully saturated rings. The number of nitrogens with two attached hydrogens (primary N) is 1. The third kappa shape index (κ3) is 2.20. The molecule has 5 nitrogen and oxygen atoms in total. The molecule has 104 valence electrons. The van der Waals surface area contributed by atoms with Crippen LogP contribution in [-0.2, 0) is 0 Å². The molecule has 0 unspecified atom stereocenters. The Morgan fingerprint density at radius 2 is 2.25 bits per heavy atom. The number of carbonyl (C=O) groups is 1. The number of para-hydroxylation sites is 1. The fraction of sp³-hybridized carbons (Fsp3) is 0.333. The normalized spacial score (nSPS) is 19.2. The van der Waals surface area contributed by atoms with E-state index < -0.39 is 5.91 Å². The van der Waals surface area contributed by atoms with Gasteiger partial charge in [0.05, 0.1) is 16.8 Å². The topological polar surface area (TPSA) is 71.2 Å². The van der Waals surface area contributed by atoms with Gasteiger partial charge >= 0.3 is 0 Å². The number of nitrogens with zero attached hydrogens (tertiary/aromatic N) is 2. The Labute approximate surface area is 117 Å². The molecule has 1 aliphatic rings. The lowest BCUT2D eigenvalue weighted by Crippen LogP contribution is -2.49. The van der Waals surface area contributed by atoms with E-state index in [1.807, 2.05) is 24.3 Å². The van der Waals surface area contributed by atoms with Crippen molar-refractivity contribution in [3.05, 3.63) is 36.0 Å². The van der Waals surface area contributed by atoms with Gasteiger partial charge in [-0.15, -0.1) is 0 Å². The molecule has 3 N–H and O–H groups in total. The highest BCUT2D eigenvalue weighted by atomic mass is 16.1. The van der Waals surface area contributed by atoms with E-state index in [0.717, 1.165) is 36.2 Å². The number of anilines is 1. The van der Waals surface area contributed by atoms with Crippen molar-refractivity contribution >= 4 is 22.5 Å². The van der Waals surface area contributed by atoms with Gasteiger partial charge in [-0.2, -0.15) is 0 Å². The smallest absolute Gasteiger partial charge is 0.252 e. The molecular weight excluding hydrogens is 252 g/mol. The van der Waals surface area contributed by atoms with Crippen molar-refractivity contribution in [1.82, 2.24) is 10.3 Å². The summed E-state index contributed by atoms with van der Waals surface area (Å²) >= 11 is 0. The van der Waals surface area contributed by atoms with Crippen molar-refractivity contribution in [1.29, 1.82) is 0 Å². The summed E-state index contributed by atoms with van der Waals surface area (Å²) < 4.78 is 0. The van der Waals surface area contributed by atoms with Crippen LogP contribution in [0.5, 0.6) is 0 Å². The maximum atomic E-state index is 11.7. The average molecular weight is 270 g/mol. The Morgan fingerprint density at radius 3 is 3.00 bits per heavy atom. The number of nitrogens with one attached hydrogen (secondary N) is 1. The SMILES string of the molecule is C[C@@H]1CN(c2c(C(N)=O)cnc3ccccc23)CCN1. The van der Waals surface area contributed by atoms with Crippen molar-refractivity contribution in [2.75, 3.05) is 24.5 Å². The quantitative estimate of drug-likeness (QED) is 0.858. The number of benzene rings is 1. The van der Waals surface area contributed by atoms with E-state index in [0.29, 0.717) is 11.6 Å². The van der Waals surface area contributed by atoms with Gasteiger partial charge in [0.15, 0.2) is 0 Å². The summed E-state index contributed by atoms with van der Waals surface area (Å²) in [4.78, 5) is 18.3. The average Bonchev–Trinajstić information content (AvgIpc) is 2.46. The van der Waals surface area contributed by atoms with Gasteiger partial charge < -0.3 is 16.0 Å². The standard InChI is InChI=1S/C15H18N4O/c1-10-9-19(7-6-17-10)14-11-4-2-3-5-13(11)18-8-12(14)15(16)20/h2-5,8,10,17H,6-7,9H2,1H3,(H2,16,20)/t10-/m1/s1. The molecule has 0 aliphatic carbocycles. The maximum Gasteiger partial charge on any atom is 0.252 e. The molecule has 5 heteroatoms. The molecule has 1 amide bonds. The van der Waals surface area contributed by atoms with Crippen molar-refractivity contribution in [2.24, 2.45) is 5.73 Å². The first kappa shape index (κ1) is 12.9. The van der Waals surface area contributed by atoms with Crippen molar-refractivity contribution in [2.45, 2.75) is 13.0 Å². The summed E-state index contributed by atoms with van der Waals surface area (Å²) in [5.41, 5.74) is 7.82. The largest absolute Gasteiger partial charge is 0.367 e. The van der Waals surface area contributed by atoms with E-state index in [1.54, 1.807) is 6.20 Å². The predicted molar refractivity (Wildman–Crippen MR) is 79.9 cm³/mol. The van der Waals surface area contributed by atoms with Crippen LogP contribution in [0.4, 0.5) is 5.69 Å². The third-order valence-corrected chi connectivity index (χ3v) is 3.70. The minimum atomic E-state index is -0.426. The van der Waals surface area contributed by atoms with Gasteiger partial charge in [0.1, 0.15) is 0 Å². The number of amides is 1. The van der Waals surface area contributed by atoms with Crippen LogP contribution in [0, 0.1) is 0 Å². The third-order valence-electron chi connectivity index (χ3n) is 3.70. The zero-order valence-electron chi connectivity index (χ0n) is 11.5. The Kier molecular flexibility index (Phi) is 3.28. The summed E-state index contributed by atoms with van der Waals surface area (Å²) in [6, 6.07) is 8.25. The van der Waals surface area contributed by atoms with E-state index in [4.69, 9.17) is 5.73 Å². The second kappa shape index (κ2) is 5.09. The summed E-state index contributed by atoms with van der Waals surface area (Å²) in [5.74, 6) is -0.426. The number of primary amides is 1. The van der Waals surface area contributed by atoms with Gasteiger partial charge in [-0.25, -0.2) is 0 Å². The fourth-order valence-corrected chi connectivity index (χ4v) is 2.78. The molecule has 1 aromatic carbocycles. The minimum absolute atomic E-state index is 0.386. The molecule has 0 bridgehead atoms. The number of hydrogen-bond acceptors (Lipinski definition) is 4. The van der Waals surface area contributed by atoms with Crippen LogP contribution in [0.1, 0.15) is 17.3 Å². The second-order valence-electron chi connectivity index (χ2n) is 5.20. The monoisotopic (exact) mass is 270 g/mol. The molecule has 0 saturated carbocycles. The maximum absolute atomic E-state index is 11.7. The number of piperazine rings is 1. The number of carbonyl (C=O) groups excluding carboxylic acids is 1. The van der Waals surface area contributed by atoms with E-state index in [-0.39, 0.29) is 0 Å². The zero-order chi connectivity index (χ0) is 14.1. The summed E-state index contributed by atoms with van der Waals surface area (Å²) in [6.45, 7) is 4.75. The van der Waals surface area contributed by atoms with Gasteiger partial charge in [-0.3, -0.25) is 9.78 Å². The summed E-state index contributed by atoms with van der Waals surface area (Å²) in [7, 11) is 0. The number of hydrogen-bond donors (Lipinski definition) is 2. The molecule has 1 atom stereocenters. The second-order valence-corrected chi connectivity index (χ2v) is 5.20. The fourth-order valence-electron chi connectivity index (χ4n) is 2.78. The van der Waals surface area contributed by atoms with Crippen molar-refractivity contribution < 1.29 is 4.79 Å². The van der Waals surface area contributed by atoms with Crippen molar-refractivity contribution in [3.63, 3.8) is 0 Å². The molecule has 1 saturated heterocycles. The first-order valence-corrected chi connectivity index (χ1v) is 6.82. The van der Waals surface area contributed by atoms with Crippen molar-refractivity contribution in [3.8, 4) is 0 Å². The van der Waals surface area contributed by atoms with Gasteiger partial charge in [-0.05, 0) is 13.0 Å². The predicted octanol–water partition coefficient (Wildman–Crippen LogP) is 1.13. The van der Waals surface area contributed by atoms with Crippen LogP contribution >= 0.6 is 0 Å². The molecule has 0 spiro atoms. The Bertz CT molecular complexity index is 655. The molecule has 1 aliphatic heterocycles. The van der Waals surface area contributed by atoms with Gasteiger partial charge in [0, 0.05) is 37.3 Å². The highest BCUT2D eigenvalue weighted by molar-refractivity contribution is 6.06. The summed E-state index contributed by atoms with van der Waals surface area (Å²) in [5, 5.41) is 4.39. The van der Waals surface area contributed by atoms with Gasteiger partial charge in [0.2, 0.25) is 0 Å². The van der Waals surface area contributed by atoms with Crippen LogP contribution in [0.2, 0.25) is 0 Å². The highest BCUT2D eigenvalue weighted by Crippen LogP contribution is 2.30. The van der Waals surface area contributed by atoms with Crippen LogP contribution in [0.25, 0.3) is 10.9 Å². The number of fused-ring (bicyclic) bond motifs is 1. The van der Waals surface area contributed by atoms with Crippen LogP contribution in [0.3, 0.4) is 0 Å². The first-order valence-electron chi connectivity index (χ1n) is 6.82. The lowest BCUT2D eigenvalue weighted by Gasteiger charge is -2.35. The molecule has 2 aromatic rings. The van der Waals surface area contributed by atoms with Crippen LogP contribution in [-0.4, -0.2) is 36.6 Å². The molecule has 1 aromatic heterocycles. The molecule has 3 rings (SSSR count). The highest BCUT2D eigenvalue weighted by Gasteiger charge is 2.22. The molecule has 0 radical (unpaired) electrons. The number of rotatable bonds is 2. The van der Waals surface area contributed by atoms with E-state index in [9.17, 15) is 4.79 Å². The van der Waals surface area contributed by atoms with Crippen LogP contribution < -0.4 is 16.0 Å². The molecule has 20 heavy (non-hydrogen) atoms. The number of pyridine rings is 1. The minimum Gasteiger partial charge on any atom is -0.367 e. The van der Waals surface area contributed by atoms with E-state index in [1.165, 1.54) is 0 Å². The van der Waals surface area contributed by atoms with Crippen LogP contribution in [0.15, 0.2) is 30.5 Å². The van der Waals surface area contributed by atoms with E-state index in [2.05, 4.69) is 22.1 Å². The first-order chi connectivity index (χ1) is 9.66. The lowest BCUT2D eigenvalue weighted by molar-refractivity contribution is 0.100. The lowest BCUT2D eigenvalue weighted by atomic mass is 10.1. The number of aromatic nitrogens is 1. The zero-order valence-corrected chi connectivity index (χ0v) is 11.5. The Hall–Kier alpha value is -2.14. The van der Waals surface area contributed by atoms with Gasteiger partial charge in [0.25, 0.3) is 5.91 Å². The van der Waals surface area contributed by atoms with Gasteiger partial charge in [-0.1, -0.05) is 18.2 Å².